The quantitative estimate of drug-likeness (QED) is 0.581. The first kappa shape index (κ1) is 14.7. The lowest BCUT2D eigenvalue weighted by molar-refractivity contribution is -0.136. The van der Waals surface area contributed by atoms with Gasteiger partial charge in [-0.1, -0.05) is 45.4 Å². The van der Waals surface area contributed by atoms with E-state index in [2.05, 4.69) is 21.1 Å². The molecule has 0 fully saturated rings. The van der Waals surface area contributed by atoms with E-state index in [1.165, 1.54) is 6.26 Å². The third-order valence-electron chi connectivity index (χ3n) is 3.48. The van der Waals surface area contributed by atoms with Crippen LogP contribution in [0.15, 0.2) is 81.8 Å². The largest absolute Gasteiger partial charge is 0.457 e. The van der Waals surface area contributed by atoms with Crippen LogP contribution in [0.25, 0.3) is 0 Å². The monoisotopic (exact) mass is 383 g/mol. The van der Waals surface area contributed by atoms with E-state index < -0.39 is 5.97 Å². The molecule has 0 aromatic heterocycles. The Morgan fingerprint density at radius 1 is 1.00 bits per heavy atom. The number of rotatable bonds is 2. The van der Waals surface area contributed by atoms with Gasteiger partial charge in [0.25, 0.3) is 0 Å². The Labute approximate surface area is 146 Å². The number of fused-ring (bicyclic) bond motifs is 1. The Hall–Kier alpha value is -2.86. The molecule has 2 aromatic rings. The summed E-state index contributed by atoms with van der Waals surface area (Å²) in [7, 11) is 0. The van der Waals surface area contributed by atoms with Gasteiger partial charge in [-0.2, -0.15) is 0 Å². The van der Waals surface area contributed by atoms with Crippen molar-refractivity contribution in [1.29, 1.82) is 0 Å². The highest BCUT2D eigenvalue weighted by molar-refractivity contribution is 9.10. The van der Waals surface area contributed by atoms with Gasteiger partial charge in [0.1, 0.15) is 12.0 Å². The smallest absolute Gasteiger partial charge is 0.368 e. The SMILES string of the molecule is O=C1ON=C(c2ccc(Br)cc2)C1=CC1=COc2ccccc2O1. The molecule has 24 heavy (non-hydrogen) atoms. The molecule has 2 aliphatic rings. The molecule has 0 aliphatic carbocycles. The molecule has 0 bridgehead atoms. The predicted octanol–water partition coefficient (Wildman–Crippen LogP) is 3.95. The van der Waals surface area contributed by atoms with Crippen LogP contribution in [0.4, 0.5) is 0 Å². The molecule has 118 valence electrons. The molecule has 5 nitrogen and oxygen atoms in total. The van der Waals surface area contributed by atoms with Crippen molar-refractivity contribution >= 4 is 27.6 Å². The van der Waals surface area contributed by atoms with Crippen LogP contribution >= 0.6 is 15.9 Å². The van der Waals surface area contributed by atoms with Crippen molar-refractivity contribution in [2.45, 2.75) is 0 Å². The fraction of sp³-hybridized carbons (Fsp3) is 0. The summed E-state index contributed by atoms with van der Waals surface area (Å²) in [5, 5.41) is 3.87. The molecule has 0 unspecified atom stereocenters. The average molecular weight is 384 g/mol. The number of allylic oxidation sites excluding steroid dienone is 1. The van der Waals surface area contributed by atoms with Crippen molar-refractivity contribution in [3.8, 4) is 11.5 Å². The minimum Gasteiger partial charge on any atom is -0.457 e. The second kappa shape index (κ2) is 5.98. The molecule has 0 N–H and O–H groups in total. The maximum absolute atomic E-state index is 12.0. The van der Waals surface area contributed by atoms with Crippen molar-refractivity contribution in [3.05, 3.63) is 82.2 Å². The fourth-order valence-electron chi connectivity index (χ4n) is 2.34. The van der Waals surface area contributed by atoms with Gasteiger partial charge in [0.05, 0.1) is 5.57 Å². The first-order valence-corrected chi connectivity index (χ1v) is 7.91. The number of benzene rings is 2. The highest BCUT2D eigenvalue weighted by atomic mass is 79.9. The van der Waals surface area contributed by atoms with Gasteiger partial charge in [0.15, 0.2) is 17.3 Å². The van der Waals surface area contributed by atoms with E-state index >= 15 is 0 Å². The molecular weight excluding hydrogens is 374 g/mol. The lowest BCUT2D eigenvalue weighted by Gasteiger charge is -2.16. The molecule has 0 saturated heterocycles. The molecule has 6 heteroatoms. The van der Waals surface area contributed by atoms with Crippen LogP contribution in [0.5, 0.6) is 11.5 Å². The minimum absolute atomic E-state index is 0.312. The summed E-state index contributed by atoms with van der Waals surface area (Å²) in [5.41, 5.74) is 1.54. The number of halogens is 1. The molecule has 2 aromatic carbocycles. The number of hydrogen-bond donors (Lipinski definition) is 0. The average Bonchev–Trinajstić information content (AvgIpc) is 2.96. The Bertz CT molecular complexity index is 913. The topological polar surface area (TPSA) is 57.1 Å². The van der Waals surface area contributed by atoms with E-state index in [4.69, 9.17) is 14.3 Å². The van der Waals surface area contributed by atoms with E-state index in [1.807, 2.05) is 36.4 Å². The van der Waals surface area contributed by atoms with E-state index in [9.17, 15) is 4.79 Å². The van der Waals surface area contributed by atoms with Crippen molar-refractivity contribution in [3.63, 3.8) is 0 Å². The highest BCUT2D eigenvalue weighted by Gasteiger charge is 2.28. The van der Waals surface area contributed by atoms with Crippen molar-refractivity contribution in [2.24, 2.45) is 5.16 Å². The maximum atomic E-state index is 12.0. The number of hydrogen-bond acceptors (Lipinski definition) is 5. The summed E-state index contributed by atoms with van der Waals surface area (Å²) in [6.07, 6.45) is 3.01. The second-order valence-corrected chi connectivity index (χ2v) is 5.99. The molecule has 2 aliphatic heterocycles. The number of carbonyl (C=O) groups is 1. The summed E-state index contributed by atoms with van der Waals surface area (Å²) >= 11 is 3.38. The molecule has 0 atom stereocenters. The third-order valence-corrected chi connectivity index (χ3v) is 4.01. The minimum atomic E-state index is -0.531. The first-order chi connectivity index (χ1) is 11.7. The van der Waals surface area contributed by atoms with Gasteiger partial charge in [-0.05, 0) is 24.3 Å². The molecule has 4 rings (SSSR count). The lowest BCUT2D eigenvalue weighted by Crippen LogP contribution is -2.10. The van der Waals surface area contributed by atoms with Gasteiger partial charge >= 0.3 is 5.97 Å². The zero-order valence-corrected chi connectivity index (χ0v) is 13.8. The number of ether oxygens (including phenoxy) is 2. The van der Waals surface area contributed by atoms with Gasteiger partial charge in [-0.3, -0.25) is 0 Å². The summed E-state index contributed by atoms with van der Waals surface area (Å²) < 4.78 is 12.2. The van der Waals surface area contributed by atoms with Crippen molar-refractivity contribution in [1.82, 2.24) is 0 Å². The van der Waals surface area contributed by atoms with Gasteiger partial charge in [-0.25, -0.2) is 4.79 Å². The zero-order valence-electron chi connectivity index (χ0n) is 12.2. The van der Waals surface area contributed by atoms with Crippen LogP contribution in [0.2, 0.25) is 0 Å². The van der Waals surface area contributed by atoms with E-state index in [1.54, 1.807) is 18.2 Å². The van der Waals surface area contributed by atoms with Gasteiger partial charge < -0.3 is 14.3 Å². The summed E-state index contributed by atoms with van der Waals surface area (Å²) in [6, 6.07) is 14.7. The first-order valence-electron chi connectivity index (χ1n) is 7.12. The lowest BCUT2D eigenvalue weighted by atomic mass is 10.0. The van der Waals surface area contributed by atoms with Crippen LogP contribution in [0.1, 0.15) is 5.56 Å². The van der Waals surface area contributed by atoms with Crippen LogP contribution in [-0.2, 0) is 9.63 Å². The van der Waals surface area contributed by atoms with E-state index in [0.29, 0.717) is 28.5 Å². The Balaban J connectivity index is 1.66. The molecule has 2 heterocycles. The van der Waals surface area contributed by atoms with Gasteiger partial charge in [0, 0.05) is 16.1 Å². The van der Waals surface area contributed by atoms with Crippen LogP contribution < -0.4 is 9.47 Å². The van der Waals surface area contributed by atoms with Crippen LogP contribution in [0, 0.1) is 0 Å². The number of oxime groups is 1. The fourth-order valence-corrected chi connectivity index (χ4v) is 2.60. The third kappa shape index (κ3) is 2.72. The Morgan fingerprint density at radius 3 is 2.54 bits per heavy atom. The van der Waals surface area contributed by atoms with Crippen LogP contribution in [-0.4, -0.2) is 11.7 Å². The highest BCUT2D eigenvalue weighted by Crippen LogP contribution is 2.33. The number of para-hydroxylation sites is 2. The van der Waals surface area contributed by atoms with E-state index in [-0.39, 0.29) is 0 Å². The summed E-state index contributed by atoms with van der Waals surface area (Å²) in [5.74, 6) is 1.07. The zero-order chi connectivity index (χ0) is 16.5. The number of nitrogens with zero attached hydrogens (tertiary/aromatic N) is 1. The van der Waals surface area contributed by atoms with Crippen molar-refractivity contribution < 1.29 is 19.1 Å². The summed E-state index contributed by atoms with van der Waals surface area (Å²) in [6.45, 7) is 0. The maximum Gasteiger partial charge on any atom is 0.368 e. The van der Waals surface area contributed by atoms with Gasteiger partial charge in [0.2, 0.25) is 0 Å². The second-order valence-electron chi connectivity index (χ2n) is 5.07. The molecular formula is C18H10BrNO4. The normalized spacial score (nSPS) is 17.4. The molecule has 0 saturated carbocycles. The number of carbonyl (C=O) groups excluding carboxylic acids is 1. The van der Waals surface area contributed by atoms with E-state index in [0.717, 1.165) is 10.0 Å². The molecule has 0 radical (unpaired) electrons. The molecule has 0 spiro atoms. The standard InChI is InChI=1S/C18H10BrNO4/c19-12-7-5-11(6-8-12)17-14(18(21)24-20-17)9-13-10-22-15-3-1-2-4-16(15)23-13/h1-10H. The van der Waals surface area contributed by atoms with Crippen LogP contribution in [0.3, 0.4) is 0 Å². The van der Waals surface area contributed by atoms with Crippen molar-refractivity contribution in [2.75, 3.05) is 0 Å². The molecule has 0 amide bonds. The predicted molar refractivity (Wildman–Crippen MR) is 90.6 cm³/mol. The van der Waals surface area contributed by atoms with Gasteiger partial charge in [-0.15, -0.1) is 0 Å². The Morgan fingerprint density at radius 2 is 1.75 bits per heavy atom. The Kier molecular flexibility index (Phi) is 3.66. The summed E-state index contributed by atoms with van der Waals surface area (Å²) in [4.78, 5) is 16.8.